The number of halogens is 4. The Labute approximate surface area is 206 Å². The average Bonchev–Trinajstić information content (AvgIpc) is 3.22. The Balaban J connectivity index is 1.46. The molecule has 1 aliphatic rings. The zero-order chi connectivity index (χ0) is 23.0. The number of benzene rings is 2. The molecule has 0 amide bonds. The van der Waals surface area contributed by atoms with Gasteiger partial charge in [-0.1, -0.05) is 29.8 Å². The number of hydrogen-bond donors (Lipinski definition) is 0. The summed E-state index contributed by atoms with van der Waals surface area (Å²) >= 11 is 7.35. The van der Waals surface area contributed by atoms with Gasteiger partial charge in [-0.05, 0) is 63.3 Å². The lowest BCUT2D eigenvalue weighted by atomic mass is 10.1. The molecular formula is C22H20Br2F2N2O2S2. The number of nitrogens with zero attached hydrogens (tertiary/aromatic N) is 2. The van der Waals surface area contributed by atoms with E-state index in [4.69, 9.17) is 4.98 Å². The van der Waals surface area contributed by atoms with E-state index in [0.717, 1.165) is 23.3 Å². The van der Waals surface area contributed by atoms with Crippen LogP contribution in [0.1, 0.15) is 29.7 Å². The second kappa shape index (κ2) is 9.48. The Morgan fingerprint density at radius 2 is 1.81 bits per heavy atom. The number of hydrogen-bond acceptors (Lipinski definition) is 5. The predicted molar refractivity (Wildman–Crippen MR) is 130 cm³/mol. The van der Waals surface area contributed by atoms with Crippen molar-refractivity contribution in [3.8, 4) is 0 Å². The Morgan fingerprint density at radius 3 is 2.47 bits per heavy atom. The summed E-state index contributed by atoms with van der Waals surface area (Å²) < 4.78 is 54.3. The Bertz CT molecular complexity index is 1210. The van der Waals surface area contributed by atoms with Crippen LogP contribution >= 0.6 is 43.2 Å². The molecule has 2 aromatic carbocycles. The topological polar surface area (TPSA) is 50.3 Å². The third kappa shape index (κ3) is 4.78. The van der Waals surface area contributed by atoms with Gasteiger partial charge in [-0.25, -0.2) is 22.2 Å². The van der Waals surface area contributed by atoms with Crippen molar-refractivity contribution in [1.29, 1.82) is 0 Å². The Hall–Kier alpha value is -1.36. The minimum absolute atomic E-state index is 0.210. The first-order valence-electron chi connectivity index (χ1n) is 9.98. The fraction of sp³-hybridized carbons (Fsp3) is 0.318. The lowest BCUT2D eigenvalue weighted by Crippen LogP contribution is -2.39. The number of anilines is 1. The fourth-order valence-corrected chi connectivity index (χ4v) is 8.01. The molecule has 0 saturated carbocycles. The molecule has 0 spiro atoms. The first-order valence-corrected chi connectivity index (χ1v) is 14.0. The molecule has 10 heteroatoms. The van der Waals surface area contributed by atoms with Gasteiger partial charge < -0.3 is 4.90 Å². The highest BCUT2D eigenvalue weighted by Gasteiger charge is 2.36. The number of rotatable bonds is 5. The van der Waals surface area contributed by atoms with Crippen molar-refractivity contribution in [3.63, 3.8) is 0 Å². The van der Waals surface area contributed by atoms with Crippen LogP contribution in [0.3, 0.4) is 0 Å². The molecule has 2 heterocycles. The molecular weight excluding hydrogens is 586 g/mol. The summed E-state index contributed by atoms with van der Waals surface area (Å²) in [7, 11) is -4.05. The van der Waals surface area contributed by atoms with E-state index in [1.54, 1.807) is 0 Å². The molecule has 4 rings (SSSR count). The third-order valence-electron chi connectivity index (χ3n) is 5.55. The van der Waals surface area contributed by atoms with Crippen molar-refractivity contribution in [2.75, 3.05) is 18.0 Å². The second-order valence-electron chi connectivity index (χ2n) is 7.81. The maximum atomic E-state index is 14.6. The summed E-state index contributed by atoms with van der Waals surface area (Å²) in [6.45, 7) is 3.02. The molecule has 3 aromatic rings. The van der Waals surface area contributed by atoms with Crippen LogP contribution in [0, 0.1) is 18.6 Å². The van der Waals surface area contributed by atoms with Gasteiger partial charge in [0.25, 0.3) is 0 Å². The Kier molecular flexibility index (Phi) is 7.05. The van der Waals surface area contributed by atoms with E-state index < -0.39 is 31.6 Å². The molecule has 0 atom stereocenters. The van der Waals surface area contributed by atoms with E-state index in [9.17, 15) is 17.2 Å². The SMILES string of the molecule is Cc1ccc(Cc2csc(N3CCC(S(=O)(=O)c4c(F)c(Br)cc(F)c4Br)CC3)n2)cc1. The molecule has 0 radical (unpaired) electrons. The minimum Gasteiger partial charge on any atom is -0.348 e. The number of sulfone groups is 1. The van der Waals surface area contributed by atoms with Gasteiger partial charge in [-0.3, -0.25) is 0 Å². The number of thiazole rings is 1. The molecule has 0 bridgehead atoms. The average molecular weight is 606 g/mol. The molecule has 1 aromatic heterocycles. The van der Waals surface area contributed by atoms with Gasteiger partial charge in [-0.15, -0.1) is 11.3 Å². The zero-order valence-electron chi connectivity index (χ0n) is 17.1. The molecule has 0 N–H and O–H groups in total. The lowest BCUT2D eigenvalue weighted by Gasteiger charge is -2.31. The van der Waals surface area contributed by atoms with E-state index in [1.807, 2.05) is 5.38 Å². The van der Waals surface area contributed by atoms with Crippen molar-refractivity contribution >= 4 is 58.2 Å². The maximum Gasteiger partial charge on any atom is 0.185 e. The van der Waals surface area contributed by atoms with Gasteiger partial charge in [0.1, 0.15) is 10.7 Å². The molecule has 0 aliphatic carbocycles. The van der Waals surface area contributed by atoms with Crippen molar-refractivity contribution in [2.45, 2.75) is 36.3 Å². The predicted octanol–water partition coefficient (Wildman–Crippen LogP) is 6.29. The fourth-order valence-electron chi connectivity index (χ4n) is 3.76. The van der Waals surface area contributed by atoms with Gasteiger partial charge in [0.2, 0.25) is 0 Å². The van der Waals surface area contributed by atoms with Crippen LogP contribution in [0.5, 0.6) is 0 Å². The molecule has 1 aliphatic heterocycles. The van der Waals surface area contributed by atoms with E-state index >= 15 is 0 Å². The van der Waals surface area contributed by atoms with Crippen molar-refractivity contribution in [2.24, 2.45) is 0 Å². The van der Waals surface area contributed by atoms with Crippen LogP contribution in [0.4, 0.5) is 13.9 Å². The highest BCUT2D eigenvalue weighted by atomic mass is 79.9. The van der Waals surface area contributed by atoms with E-state index in [-0.39, 0.29) is 8.95 Å². The van der Waals surface area contributed by atoms with E-state index in [2.05, 4.69) is 67.9 Å². The van der Waals surface area contributed by atoms with Crippen LogP contribution in [0.2, 0.25) is 0 Å². The van der Waals surface area contributed by atoms with Gasteiger partial charge in [0.15, 0.2) is 20.8 Å². The highest BCUT2D eigenvalue weighted by molar-refractivity contribution is 9.11. The summed E-state index contributed by atoms with van der Waals surface area (Å²) in [5, 5.41) is 2.09. The van der Waals surface area contributed by atoms with Gasteiger partial charge in [0.05, 0.1) is 19.9 Å². The molecule has 4 nitrogen and oxygen atoms in total. The molecule has 32 heavy (non-hydrogen) atoms. The van der Waals surface area contributed by atoms with Gasteiger partial charge in [0, 0.05) is 24.9 Å². The van der Waals surface area contributed by atoms with Crippen LogP contribution < -0.4 is 4.90 Å². The largest absolute Gasteiger partial charge is 0.348 e. The van der Waals surface area contributed by atoms with Crippen molar-refractivity contribution in [3.05, 3.63) is 73.1 Å². The van der Waals surface area contributed by atoms with Gasteiger partial charge in [-0.2, -0.15) is 0 Å². The summed E-state index contributed by atoms with van der Waals surface area (Å²) in [4.78, 5) is 6.16. The quantitative estimate of drug-likeness (QED) is 0.321. The number of aromatic nitrogens is 1. The highest BCUT2D eigenvalue weighted by Crippen LogP contribution is 2.37. The Morgan fingerprint density at radius 1 is 1.16 bits per heavy atom. The van der Waals surface area contributed by atoms with Crippen LogP contribution in [0.15, 0.2) is 49.6 Å². The third-order valence-corrected chi connectivity index (χ3v) is 10.4. The smallest absolute Gasteiger partial charge is 0.185 e. The lowest BCUT2D eigenvalue weighted by molar-refractivity contribution is 0.512. The van der Waals surface area contributed by atoms with Crippen LogP contribution in [-0.4, -0.2) is 31.7 Å². The summed E-state index contributed by atoms with van der Waals surface area (Å²) in [6, 6.07) is 9.25. The number of piperidine rings is 1. The second-order valence-corrected chi connectivity index (χ2v) is 12.5. The summed E-state index contributed by atoms with van der Waals surface area (Å²) in [5.41, 5.74) is 3.37. The minimum atomic E-state index is -4.05. The molecule has 170 valence electrons. The number of aryl methyl sites for hydroxylation is 1. The van der Waals surface area contributed by atoms with E-state index in [1.165, 1.54) is 22.5 Å². The molecule has 1 fully saturated rings. The van der Waals surface area contributed by atoms with Crippen LogP contribution in [-0.2, 0) is 16.3 Å². The first kappa shape index (κ1) is 23.8. The molecule has 0 unspecified atom stereocenters. The van der Waals surface area contributed by atoms with E-state index in [0.29, 0.717) is 25.9 Å². The summed E-state index contributed by atoms with van der Waals surface area (Å²) in [6.07, 6.45) is 1.37. The summed E-state index contributed by atoms with van der Waals surface area (Å²) in [5.74, 6) is -1.79. The first-order chi connectivity index (χ1) is 15.2. The van der Waals surface area contributed by atoms with Crippen LogP contribution in [0.25, 0.3) is 0 Å². The normalized spacial score (nSPS) is 15.3. The van der Waals surface area contributed by atoms with Crippen molar-refractivity contribution in [1.82, 2.24) is 4.98 Å². The zero-order valence-corrected chi connectivity index (χ0v) is 21.9. The van der Waals surface area contributed by atoms with Crippen molar-refractivity contribution < 1.29 is 17.2 Å². The molecule has 1 saturated heterocycles. The monoisotopic (exact) mass is 604 g/mol. The maximum absolute atomic E-state index is 14.6. The standard InChI is InChI=1S/C22H20Br2F2N2O2S2/c1-13-2-4-14(5-3-13)10-15-12-31-22(27-15)28-8-6-16(7-9-28)32(29,30)21-19(24)18(25)11-17(23)20(21)26/h2-5,11-12,16H,6-10H2,1H3. The van der Waals surface area contributed by atoms with Gasteiger partial charge >= 0.3 is 0 Å².